The fraction of sp³-hybridized carbons (Fsp3) is 0.333. The van der Waals surface area contributed by atoms with Crippen LogP contribution < -0.4 is 20.7 Å². The minimum absolute atomic E-state index is 0.0803. The Hall–Kier alpha value is -3.17. The number of piperidine rings is 1. The van der Waals surface area contributed by atoms with Crippen LogP contribution in [0.2, 0.25) is 0 Å². The SMILES string of the molecule is COc1ccc(C(=O)c2sc(Nc3ccc(N4CCC(N(C)C)CC4)cc3)nc2N)cc1F. The number of methoxy groups -OCH3 is 1. The quantitative estimate of drug-likeness (QED) is 0.497. The molecular formula is C24H28FN5O2S. The van der Waals surface area contributed by atoms with Gasteiger partial charge < -0.3 is 25.6 Å². The fourth-order valence-electron chi connectivity index (χ4n) is 4.01. The topological polar surface area (TPSA) is 83.7 Å². The van der Waals surface area contributed by atoms with E-state index in [1.165, 1.54) is 24.9 Å². The molecule has 1 aromatic heterocycles. The number of hydrogen-bond donors (Lipinski definition) is 2. The van der Waals surface area contributed by atoms with Crippen molar-refractivity contribution in [3.8, 4) is 5.75 Å². The van der Waals surface area contributed by atoms with Crippen molar-refractivity contribution >= 4 is 39.4 Å². The van der Waals surface area contributed by atoms with Crippen molar-refractivity contribution in [1.82, 2.24) is 9.88 Å². The van der Waals surface area contributed by atoms with Crippen molar-refractivity contribution in [2.45, 2.75) is 18.9 Å². The number of nitrogens with one attached hydrogen (secondary N) is 1. The molecule has 2 aromatic carbocycles. The standard InChI is InChI=1S/C24H28FN5O2S/c1-29(2)17-10-12-30(13-11-17)18-7-5-16(6-8-18)27-24-28-23(26)22(33-24)21(31)15-4-9-20(32-3)19(25)14-15/h4-9,14,17H,10-13,26H2,1-3H3,(H,27,28). The third kappa shape index (κ3) is 5.09. The van der Waals surface area contributed by atoms with Gasteiger partial charge in [0.25, 0.3) is 0 Å². The summed E-state index contributed by atoms with van der Waals surface area (Å²) >= 11 is 1.14. The molecule has 1 aliphatic rings. The van der Waals surface area contributed by atoms with Crippen molar-refractivity contribution in [3.63, 3.8) is 0 Å². The molecule has 7 nitrogen and oxygen atoms in total. The van der Waals surface area contributed by atoms with Crippen molar-refractivity contribution in [2.24, 2.45) is 0 Å². The normalized spacial score (nSPS) is 14.5. The number of carbonyl (C=O) groups is 1. The number of nitrogens with zero attached hydrogens (tertiary/aromatic N) is 3. The highest BCUT2D eigenvalue weighted by molar-refractivity contribution is 7.18. The summed E-state index contributed by atoms with van der Waals surface area (Å²) in [6.07, 6.45) is 2.31. The zero-order valence-corrected chi connectivity index (χ0v) is 19.8. The molecule has 2 heterocycles. The van der Waals surface area contributed by atoms with Crippen molar-refractivity contribution in [2.75, 3.05) is 50.2 Å². The predicted molar refractivity (Wildman–Crippen MR) is 132 cm³/mol. The number of anilines is 4. The smallest absolute Gasteiger partial charge is 0.206 e. The largest absolute Gasteiger partial charge is 0.494 e. The van der Waals surface area contributed by atoms with Gasteiger partial charge in [-0.15, -0.1) is 0 Å². The number of hydrogen-bond acceptors (Lipinski definition) is 8. The molecular weight excluding hydrogens is 441 g/mol. The van der Waals surface area contributed by atoms with Crippen LogP contribution in [0.15, 0.2) is 42.5 Å². The average Bonchev–Trinajstić information content (AvgIpc) is 3.18. The number of nitrogens with two attached hydrogens (primary N) is 1. The van der Waals surface area contributed by atoms with E-state index in [2.05, 4.69) is 46.3 Å². The van der Waals surface area contributed by atoms with E-state index in [4.69, 9.17) is 10.5 Å². The Morgan fingerprint density at radius 3 is 2.52 bits per heavy atom. The second-order valence-corrected chi connectivity index (χ2v) is 9.26. The van der Waals surface area contributed by atoms with Crippen molar-refractivity contribution in [3.05, 3.63) is 58.7 Å². The van der Waals surface area contributed by atoms with Gasteiger partial charge in [0.15, 0.2) is 16.7 Å². The number of thiazole rings is 1. The minimum atomic E-state index is -0.601. The van der Waals surface area contributed by atoms with Gasteiger partial charge in [-0.25, -0.2) is 9.37 Å². The van der Waals surface area contributed by atoms with E-state index in [-0.39, 0.29) is 27.8 Å². The lowest BCUT2D eigenvalue weighted by Gasteiger charge is -2.36. The monoisotopic (exact) mass is 469 g/mol. The molecule has 0 atom stereocenters. The van der Waals surface area contributed by atoms with Crippen LogP contribution in [0.4, 0.5) is 26.7 Å². The van der Waals surface area contributed by atoms with Gasteiger partial charge in [-0.05, 0) is 69.4 Å². The Labute approximate surface area is 197 Å². The molecule has 0 saturated carbocycles. The number of halogens is 1. The molecule has 3 N–H and O–H groups in total. The molecule has 1 fully saturated rings. The van der Waals surface area contributed by atoms with Gasteiger partial charge in [0.2, 0.25) is 5.78 Å². The summed E-state index contributed by atoms with van der Waals surface area (Å²) in [5.41, 5.74) is 8.22. The first kappa shape index (κ1) is 23.0. The molecule has 1 saturated heterocycles. The van der Waals surface area contributed by atoms with Crippen LogP contribution >= 0.6 is 11.3 Å². The van der Waals surface area contributed by atoms with E-state index in [1.54, 1.807) is 0 Å². The zero-order chi connectivity index (χ0) is 23.5. The molecule has 33 heavy (non-hydrogen) atoms. The maximum atomic E-state index is 14.0. The van der Waals surface area contributed by atoms with E-state index in [0.29, 0.717) is 11.2 Å². The first-order valence-corrected chi connectivity index (χ1v) is 11.6. The first-order valence-electron chi connectivity index (χ1n) is 10.8. The summed E-state index contributed by atoms with van der Waals surface area (Å²) in [7, 11) is 5.65. The van der Waals surface area contributed by atoms with Crippen LogP contribution in [0, 0.1) is 5.82 Å². The maximum absolute atomic E-state index is 14.0. The Kier molecular flexibility index (Phi) is 6.80. The van der Waals surface area contributed by atoms with E-state index < -0.39 is 5.82 Å². The molecule has 4 rings (SSSR count). The zero-order valence-electron chi connectivity index (χ0n) is 19.0. The maximum Gasteiger partial charge on any atom is 0.206 e. The third-order valence-corrected chi connectivity index (χ3v) is 6.94. The van der Waals surface area contributed by atoms with Crippen LogP contribution in [0.5, 0.6) is 5.75 Å². The second-order valence-electron chi connectivity index (χ2n) is 8.27. The number of rotatable bonds is 7. The Morgan fingerprint density at radius 1 is 1.21 bits per heavy atom. The third-order valence-electron chi connectivity index (χ3n) is 5.95. The van der Waals surface area contributed by atoms with Gasteiger partial charge in [-0.2, -0.15) is 0 Å². The second kappa shape index (κ2) is 9.76. The summed E-state index contributed by atoms with van der Waals surface area (Å²) in [4.78, 5) is 22.1. The molecule has 0 bridgehead atoms. The number of ether oxygens (including phenoxy) is 1. The fourth-order valence-corrected chi connectivity index (χ4v) is 4.87. The highest BCUT2D eigenvalue weighted by atomic mass is 32.1. The summed E-state index contributed by atoms with van der Waals surface area (Å²) in [5, 5.41) is 3.71. The summed E-state index contributed by atoms with van der Waals surface area (Å²) in [6, 6.07) is 12.9. The molecule has 1 aliphatic heterocycles. The van der Waals surface area contributed by atoms with Gasteiger partial charge in [0, 0.05) is 36.1 Å². The lowest BCUT2D eigenvalue weighted by Crippen LogP contribution is -2.41. The molecule has 9 heteroatoms. The molecule has 0 radical (unpaired) electrons. The summed E-state index contributed by atoms with van der Waals surface area (Å²) in [5.74, 6) is -0.785. The minimum Gasteiger partial charge on any atom is -0.494 e. The molecule has 0 unspecified atom stereocenters. The van der Waals surface area contributed by atoms with Crippen molar-refractivity contribution < 1.29 is 13.9 Å². The number of ketones is 1. The van der Waals surface area contributed by atoms with E-state index >= 15 is 0 Å². The number of carbonyl (C=O) groups excluding carboxylic acids is 1. The lowest BCUT2D eigenvalue weighted by molar-refractivity contribution is 0.104. The lowest BCUT2D eigenvalue weighted by atomic mass is 10.0. The van der Waals surface area contributed by atoms with Crippen LogP contribution in [-0.4, -0.2) is 56.0 Å². The highest BCUT2D eigenvalue weighted by Crippen LogP contribution is 2.31. The van der Waals surface area contributed by atoms with Gasteiger partial charge in [0.1, 0.15) is 10.7 Å². The van der Waals surface area contributed by atoms with Crippen LogP contribution in [0.25, 0.3) is 0 Å². The molecule has 0 amide bonds. The number of benzene rings is 2. The molecule has 174 valence electrons. The van der Waals surface area contributed by atoms with Crippen LogP contribution in [0.3, 0.4) is 0 Å². The molecule has 0 aliphatic carbocycles. The molecule has 0 spiro atoms. The summed E-state index contributed by atoms with van der Waals surface area (Å²) < 4.78 is 18.9. The van der Waals surface area contributed by atoms with Gasteiger partial charge >= 0.3 is 0 Å². The average molecular weight is 470 g/mol. The predicted octanol–water partition coefficient (Wildman–Crippen LogP) is 4.38. The number of aromatic nitrogens is 1. The Balaban J connectivity index is 1.42. The molecule has 3 aromatic rings. The Morgan fingerprint density at radius 2 is 1.91 bits per heavy atom. The summed E-state index contributed by atoms with van der Waals surface area (Å²) in [6.45, 7) is 2.08. The van der Waals surface area contributed by atoms with Crippen molar-refractivity contribution in [1.29, 1.82) is 0 Å². The van der Waals surface area contributed by atoms with Gasteiger partial charge in [-0.1, -0.05) is 11.3 Å². The van der Waals surface area contributed by atoms with E-state index in [1.807, 2.05) is 12.1 Å². The van der Waals surface area contributed by atoms with E-state index in [0.717, 1.165) is 49.0 Å². The van der Waals surface area contributed by atoms with Gasteiger partial charge in [-0.3, -0.25) is 4.79 Å². The van der Waals surface area contributed by atoms with Crippen LogP contribution in [0.1, 0.15) is 28.1 Å². The number of nitrogen functional groups attached to an aromatic ring is 1. The highest BCUT2D eigenvalue weighted by Gasteiger charge is 2.21. The van der Waals surface area contributed by atoms with E-state index in [9.17, 15) is 9.18 Å². The Bertz CT molecular complexity index is 1120. The van der Waals surface area contributed by atoms with Crippen LogP contribution in [-0.2, 0) is 0 Å². The van der Waals surface area contributed by atoms with Gasteiger partial charge in [0.05, 0.1) is 7.11 Å². The first-order chi connectivity index (χ1) is 15.9.